The molecule has 0 aliphatic carbocycles. The molecule has 2 aliphatic heterocycles. The molecular weight excluding hydrogens is 533 g/mol. The number of aromatic amines is 1. The van der Waals surface area contributed by atoms with Gasteiger partial charge in [0.1, 0.15) is 37.1 Å². The van der Waals surface area contributed by atoms with Gasteiger partial charge in [-0.3, -0.25) is 28.0 Å². The quantitative estimate of drug-likeness (QED) is 0.154. The molecule has 0 radical (unpaired) electrons. The first-order valence-corrected chi connectivity index (χ1v) is 12.7. The van der Waals surface area contributed by atoms with Crippen LogP contribution in [0.15, 0.2) is 22.2 Å². The van der Waals surface area contributed by atoms with Gasteiger partial charge in [0.25, 0.3) is 5.56 Å². The van der Waals surface area contributed by atoms with Crippen molar-refractivity contribution in [1.29, 1.82) is 0 Å². The summed E-state index contributed by atoms with van der Waals surface area (Å²) in [6, 6.07) is 0. The van der Waals surface area contributed by atoms with E-state index < -0.39 is 69.2 Å². The van der Waals surface area contributed by atoms with Crippen molar-refractivity contribution in [1.82, 2.24) is 34.1 Å². The van der Waals surface area contributed by atoms with E-state index in [0.717, 1.165) is 10.9 Å². The molecule has 7 atom stereocenters. The first kappa shape index (κ1) is 26.3. The summed E-state index contributed by atoms with van der Waals surface area (Å²) in [7, 11) is -4.75. The van der Waals surface area contributed by atoms with Gasteiger partial charge in [-0.1, -0.05) is 0 Å². The topological polar surface area (TPSA) is 278 Å². The number of nitrogens with two attached hydrogens (primary N) is 2. The molecule has 38 heavy (non-hydrogen) atoms. The van der Waals surface area contributed by atoms with Crippen molar-refractivity contribution in [3.8, 4) is 0 Å². The van der Waals surface area contributed by atoms with Crippen LogP contribution in [0, 0.1) is 0 Å². The fraction of sp³-hybridized carbons (Fsp3) is 0.556. The number of phosphoric ester groups is 1. The van der Waals surface area contributed by atoms with Crippen LogP contribution in [-0.2, 0) is 23.1 Å². The molecule has 0 amide bonds. The molecule has 0 bridgehead atoms. The number of hydrogen-bond acceptors (Lipinski definition) is 15. The van der Waals surface area contributed by atoms with Gasteiger partial charge in [0.2, 0.25) is 11.9 Å². The molecule has 8 N–H and O–H groups in total. The molecule has 19 nitrogen and oxygen atoms in total. The Labute approximate surface area is 211 Å². The van der Waals surface area contributed by atoms with Crippen molar-refractivity contribution in [3.63, 3.8) is 0 Å². The zero-order valence-electron chi connectivity index (χ0n) is 19.4. The number of nitrogen functional groups attached to an aromatic ring is 2. The highest BCUT2D eigenvalue weighted by Gasteiger charge is 2.43. The maximum absolute atomic E-state index is 12.7. The van der Waals surface area contributed by atoms with Crippen molar-refractivity contribution in [2.45, 2.75) is 49.7 Å². The Morgan fingerprint density at radius 3 is 2.55 bits per heavy atom. The predicted molar refractivity (Wildman–Crippen MR) is 124 cm³/mol. The Kier molecular flexibility index (Phi) is 7.01. The highest BCUT2D eigenvalue weighted by Crippen LogP contribution is 2.49. The Bertz CT molecular complexity index is 1490. The third-order valence-electron chi connectivity index (χ3n) is 6.05. The number of H-pyrrole nitrogens is 1. The molecule has 2 saturated heterocycles. The number of anilines is 2. The van der Waals surface area contributed by atoms with Gasteiger partial charge in [-0.05, 0) is 0 Å². The van der Waals surface area contributed by atoms with Gasteiger partial charge in [0.15, 0.2) is 11.2 Å². The second-order valence-electron chi connectivity index (χ2n) is 8.57. The fourth-order valence-corrected chi connectivity index (χ4v) is 5.22. The minimum atomic E-state index is -4.75. The van der Waals surface area contributed by atoms with Crippen molar-refractivity contribution >= 4 is 30.9 Å². The van der Waals surface area contributed by atoms with Crippen LogP contribution >= 0.6 is 7.82 Å². The van der Waals surface area contributed by atoms with E-state index in [1.54, 1.807) is 0 Å². The molecule has 206 valence electrons. The van der Waals surface area contributed by atoms with Gasteiger partial charge in [-0.25, -0.2) is 19.3 Å². The van der Waals surface area contributed by atoms with Gasteiger partial charge >= 0.3 is 13.5 Å². The lowest BCUT2D eigenvalue weighted by molar-refractivity contribution is -0.0568. The van der Waals surface area contributed by atoms with Crippen LogP contribution < -0.4 is 22.7 Å². The van der Waals surface area contributed by atoms with E-state index in [0.29, 0.717) is 0 Å². The summed E-state index contributed by atoms with van der Waals surface area (Å²) in [5.41, 5.74) is 9.79. The molecule has 2 fully saturated rings. The minimum absolute atomic E-state index is 0.00472. The average Bonchev–Trinajstić information content (AvgIpc) is 3.54. The van der Waals surface area contributed by atoms with Crippen LogP contribution in [0.2, 0.25) is 0 Å². The summed E-state index contributed by atoms with van der Waals surface area (Å²) < 4.78 is 36.7. The summed E-state index contributed by atoms with van der Waals surface area (Å²) in [5, 5.41) is 20.0. The highest BCUT2D eigenvalue weighted by atomic mass is 31.2. The van der Waals surface area contributed by atoms with E-state index in [9.17, 15) is 29.3 Å². The average molecular weight is 557 g/mol. The van der Waals surface area contributed by atoms with Crippen molar-refractivity contribution < 1.29 is 38.2 Å². The van der Waals surface area contributed by atoms with E-state index in [1.807, 2.05) is 0 Å². The number of fused-ring (bicyclic) bond motifs is 1. The van der Waals surface area contributed by atoms with Crippen LogP contribution in [0.4, 0.5) is 11.9 Å². The number of aliphatic hydroxyl groups is 2. The number of imidazole rings is 1. The largest absolute Gasteiger partial charge is 0.472 e. The molecule has 3 unspecified atom stereocenters. The summed E-state index contributed by atoms with van der Waals surface area (Å²) in [6.45, 7) is -1.12. The second-order valence-corrected chi connectivity index (χ2v) is 9.97. The molecule has 0 spiro atoms. The van der Waals surface area contributed by atoms with Gasteiger partial charge in [-0.2, -0.15) is 9.97 Å². The van der Waals surface area contributed by atoms with E-state index in [-0.39, 0.29) is 35.9 Å². The number of aliphatic hydroxyl groups excluding tert-OH is 2. The maximum Gasteiger partial charge on any atom is 0.472 e. The van der Waals surface area contributed by atoms with Gasteiger partial charge in [0.05, 0.1) is 25.6 Å². The van der Waals surface area contributed by atoms with Crippen molar-refractivity contribution in [2.75, 3.05) is 24.7 Å². The van der Waals surface area contributed by atoms with E-state index >= 15 is 0 Å². The zero-order chi connectivity index (χ0) is 27.2. The smallest absolute Gasteiger partial charge is 0.394 e. The monoisotopic (exact) mass is 557 g/mol. The number of nitrogens with zero attached hydrogens (tertiary/aromatic N) is 6. The molecular formula is C18H24N9O10P. The van der Waals surface area contributed by atoms with E-state index in [1.165, 1.54) is 10.9 Å². The first-order chi connectivity index (χ1) is 18.0. The maximum atomic E-state index is 12.7. The van der Waals surface area contributed by atoms with Crippen LogP contribution in [0.3, 0.4) is 0 Å². The normalized spacial score (nSPS) is 29.1. The lowest BCUT2D eigenvalue weighted by Gasteiger charge is -2.21. The molecule has 2 aliphatic rings. The number of aromatic nitrogens is 7. The molecule has 20 heteroatoms. The van der Waals surface area contributed by atoms with Crippen LogP contribution in [0.25, 0.3) is 11.2 Å². The van der Waals surface area contributed by atoms with Crippen molar-refractivity contribution in [2.24, 2.45) is 0 Å². The summed E-state index contributed by atoms with van der Waals surface area (Å²) in [4.78, 5) is 51.9. The first-order valence-electron chi connectivity index (χ1n) is 11.2. The van der Waals surface area contributed by atoms with Gasteiger partial charge in [0, 0.05) is 12.8 Å². The summed E-state index contributed by atoms with van der Waals surface area (Å²) in [5.74, 6) is -0.369. The third kappa shape index (κ3) is 5.18. The molecule has 3 aromatic heterocycles. The summed E-state index contributed by atoms with van der Waals surface area (Å²) >= 11 is 0. The van der Waals surface area contributed by atoms with E-state index in [2.05, 4.69) is 24.9 Å². The van der Waals surface area contributed by atoms with E-state index in [4.69, 9.17) is 30.0 Å². The standard InChI is InChI=1S/C18H24N9O10P/c19-16-22-6-27(18(31)25-16)11-1-7(29)10(36-11)4-34-38(32,33)37-8-2-12(35-9(8)3-28)26-5-21-13-14(26)23-17(20)24-15(13)30/h5-12,28-29H,1-4H2,(H,32,33)(H2,19,25,31)(H3,20,23,24,30)/t7-,8-,9?,10?,11-,12-/m1/s1. The Morgan fingerprint density at radius 2 is 1.82 bits per heavy atom. The highest BCUT2D eigenvalue weighted by molar-refractivity contribution is 7.47. The number of nitrogens with one attached hydrogen (secondary N) is 1. The molecule has 0 aromatic carbocycles. The zero-order valence-corrected chi connectivity index (χ0v) is 20.3. The van der Waals surface area contributed by atoms with Crippen LogP contribution in [-0.4, -0.2) is 86.8 Å². The molecule has 5 rings (SSSR count). The predicted octanol–water partition coefficient (Wildman–Crippen LogP) is -2.63. The lowest BCUT2D eigenvalue weighted by atomic mass is 10.2. The number of ether oxygens (including phenoxy) is 2. The summed E-state index contributed by atoms with van der Waals surface area (Å²) in [6.07, 6.45) is -3.86. The Morgan fingerprint density at radius 1 is 1.11 bits per heavy atom. The van der Waals surface area contributed by atoms with Crippen LogP contribution in [0.1, 0.15) is 25.3 Å². The SMILES string of the molecule is Nc1ncn([C@H]2C[C@@H](O)C(COP(=O)(O)O[C@@H]3C[C@H](n4cnc5c(=O)[nH]c(N)nc54)OC3CO)O2)c(=O)n1. The molecule has 5 heterocycles. The van der Waals surface area contributed by atoms with Crippen LogP contribution in [0.5, 0.6) is 0 Å². The fourth-order valence-electron chi connectivity index (χ4n) is 4.26. The number of rotatable bonds is 8. The molecule has 0 saturated carbocycles. The van der Waals surface area contributed by atoms with Gasteiger partial charge < -0.3 is 36.0 Å². The Balaban J connectivity index is 1.23. The lowest BCUT2D eigenvalue weighted by Crippen LogP contribution is -2.30. The minimum Gasteiger partial charge on any atom is -0.394 e. The molecule has 3 aromatic rings. The second kappa shape index (κ2) is 10.1. The Hall–Kier alpha value is -3.29. The number of hydrogen-bond donors (Lipinski definition) is 6. The third-order valence-corrected chi connectivity index (χ3v) is 7.06. The van der Waals surface area contributed by atoms with Crippen molar-refractivity contribution in [3.05, 3.63) is 33.5 Å². The van der Waals surface area contributed by atoms with Gasteiger partial charge in [-0.15, -0.1) is 0 Å². The number of phosphoric acid groups is 1.